The van der Waals surface area contributed by atoms with Gasteiger partial charge in [0.05, 0.1) is 5.56 Å². The molecule has 1 aromatic rings. The van der Waals surface area contributed by atoms with Gasteiger partial charge >= 0.3 is 6.18 Å². The Kier molecular flexibility index (Phi) is 3.43. The van der Waals surface area contributed by atoms with E-state index in [1.54, 1.807) is 19.2 Å². The van der Waals surface area contributed by atoms with Crippen molar-refractivity contribution in [3.8, 4) is 0 Å². The van der Waals surface area contributed by atoms with E-state index in [1.807, 2.05) is 0 Å². The molecule has 4 heteroatoms. The fourth-order valence-electron chi connectivity index (χ4n) is 2.15. The molecule has 0 heterocycles. The van der Waals surface area contributed by atoms with Crippen molar-refractivity contribution < 1.29 is 13.2 Å². The van der Waals surface area contributed by atoms with E-state index in [9.17, 15) is 13.2 Å². The van der Waals surface area contributed by atoms with Crippen LogP contribution in [0.3, 0.4) is 0 Å². The van der Waals surface area contributed by atoms with E-state index in [0.717, 1.165) is 25.3 Å². The number of rotatable bonds is 4. The van der Waals surface area contributed by atoms with E-state index in [4.69, 9.17) is 0 Å². The monoisotopic (exact) mass is 243 g/mol. The third-order valence-electron chi connectivity index (χ3n) is 3.26. The topological polar surface area (TPSA) is 12.0 Å². The summed E-state index contributed by atoms with van der Waals surface area (Å²) in [6.07, 6.45) is -1.18. The minimum atomic E-state index is -4.27. The van der Waals surface area contributed by atoms with Gasteiger partial charge in [-0.2, -0.15) is 13.2 Å². The number of hydrogen-bond donors (Lipinski definition) is 1. The summed E-state index contributed by atoms with van der Waals surface area (Å²) in [5, 5.41) is 3.00. The second-order valence-electron chi connectivity index (χ2n) is 4.61. The molecule has 0 amide bonds. The van der Waals surface area contributed by atoms with Gasteiger partial charge in [-0.05, 0) is 31.0 Å². The predicted molar refractivity (Wildman–Crippen MR) is 60.6 cm³/mol. The highest BCUT2D eigenvalue weighted by molar-refractivity contribution is 5.32. The van der Waals surface area contributed by atoms with Crippen molar-refractivity contribution in [1.29, 1.82) is 0 Å². The molecule has 2 rings (SSSR count). The summed E-state index contributed by atoms with van der Waals surface area (Å²) in [4.78, 5) is 0. The largest absolute Gasteiger partial charge is 0.416 e. The molecule has 0 radical (unpaired) electrons. The summed E-state index contributed by atoms with van der Waals surface area (Å²) >= 11 is 0. The lowest BCUT2D eigenvalue weighted by molar-refractivity contribution is -0.138. The van der Waals surface area contributed by atoms with Crippen LogP contribution in [-0.2, 0) is 6.18 Å². The highest BCUT2D eigenvalue weighted by Crippen LogP contribution is 2.41. The Morgan fingerprint density at radius 3 is 2.47 bits per heavy atom. The van der Waals surface area contributed by atoms with Gasteiger partial charge in [0, 0.05) is 6.04 Å². The molecule has 0 aliphatic heterocycles. The zero-order valence-corrected chi connectivity index (χ0v) is 9.72. The van der Waals surface area contributed by atoms with Crippen LogP contribution in [0.1, 0.15) is 36.4 Å². The number of alkyl halides is 3. The lowest BCUT2D eigenvalue weighted by atomic mass is 9.96. The molecule has 0 spiro atoms. The zero-order valence-electron chi connectivity index (χ0n) is 9.72. The summed E-state index contributed by atoms with van der Waals surface area (Å²) in [5.74, 6) is 0.591. The Bertz CT molecular complexity index is 382. The van der Waals surface area contributed by atoms with Crippen molar-refractivity contribution in [3.63, 3.8) is 0 Å². The minimum Gasteiger partial charge on any atom is -0.313 e. The normalized spacial score (nSPS) is 18.1. The van der Waals surface area contributed by atoms with E-state index < -0.39 is 11.7 Å². The summed E-state index contributed by atoms with van der Waals surface area (Å²) in [6.45, 7) is 0. The summed E-state index contributed by atoms with van der Waals surface area (Å²) < 4.78 is 38.6. The van der Waals surface area contributed by atoms with Crippen LogP contribution >= 0.6 is 0 Å². The predicted octanol–water partition coefficient (Wildman–Crippen LogP) is 3.77. The molecular weight excluding hydrogens is 227 g/mol. The van der Waals surface area contributed by atoms with Gasteiger partial charge in [0.1, 0.15) is 0 Å². The number of nitrogens with one attached hydrogen (secondary N) is 1. The molecule has 94 valence electrons. The smallest absolute Gasteiger partial charge is 0.313 e. The van der Waals surface area contributed by atoms with E-state index in [2.05, 4.69) is 5.32 Å². The molecule has 0 bridgehead atoms. The third-order valence-corrected chi connectivity index (χ3v) is 3.26. The Morgan fingerprint density at radius 1 is 1.29 bits per heavy atom. The van der Waals surface area contributed by atoms with Crippen molar-refractivity contribution in [2.24, 2.45) is 5.92 Å². The number of hydrogen-bond acceptors (Lipinski definition) is 1. The van der Waals surface area contributed by atoms with Crippen molar-refractivity contribution in [2.75, 3.05) is 7.05 Å². The van der Waals surface area contributed by atoms with Crippen LogP contribution in [-0.4, -0.2) is 7.05 Å². The molecule has 0 saturated heterocycles. The summed E-state index contributed by atoms with van der Waals surface area (Å²) in [5.41, 5.74) is -0.144. The average Bonchev–Trinajstić information content (AvgIpc) is 3.08. The Morgan fingerprint density at radius 2 is 1.94 bits per heavy atom. The molecule has 0 aromatic heterocycles. The molecule has 1 saturated carbocycles. The molecular formula is C13H16F3N. The van der Waals surface area contributed by atoms with Gasteiger partial charge in [-0.15, -0.1) is 0 Å². The van der Waals surface area contributed by atoms with Gasteiger partial charge < -0.3 is 5.32 Å². The molecule has 1 aromatic carbocycles. The molecule has 1 nitrogen and oxygen atoms in total. The van der Waals surface area contributed by atoms with Crippen LogP contribution in [0.25, 0.3) is 0 Å². The van der Waals surface area contributed by atoms with E-state index in [1.165, 1.54) is 6.07 Å². The molecule has 1 atom stereocenters. The van der Waals surface area contributed by atoms with Crippen LogP contribution in [0.2, 0.25) is 0 Å². The van der Waals surface area contributed by atoms with Crippen LogP contribution in [0.5, 0.6) is 0 Å². The Hall–Kier alpha value is -1.03. The third kappa shape index (κ3) is 3.00. The quantitative estimate of drug-likeness (QED) is 0.848. The van der Waals surface area contributed by atoms with Gasteiger partial charge in [-0.1, -0.05) is 31.0 Å². The SMILES string of the molecule is CNC(CC1CC1)c1ccccc1C(F)(F)F. The molecule has 1 unspecified atom stereocenters. The van der Waals surface area contributed by atoms with Gasteiger partial charge in [0.2, 0.25) is 0 Å². The first-order chi connectivity index (χ1) is 8.02. The summed E-state index contributed by atoms with van der Waals surface area (Å²) in [6, 6.07) is 5.65. The highest BCUT2D eigenvalue weighted by Gasteiger charge is 2.36. The Labute approximate surface area is 99.0 Å². The molecule has 1 aliphatic rings. The number of halogens is 3. The van der Waals surface area contributed by atoms with Crippen LogP contribution in [0, 0.1) is 5.92 Å². The average molecular weight is 243 g/mol. The Balaban J connectivity index is 2.28. The van der Waals surface area contributed by atoms with E-state index in [-0.39, 0.29) is 6.04 Å². The zero-order chi connectivity index (χ0) is 12.5. The van der Waals surface area contributed by atoms with Crippen LogP contribution < -0.4 is 5.32 Å². The fraction of sp³-hybridized carbons (Fsp3) is 0.538. The van der Waals surface area contributed by atoms with Crippen molar-refractivity contribution >= 4 is 0 Å². The lowest BCUT2D eigenvalue weighted by Crippen LogP contribution is -2.21. The molecule has 1 fully saturated rings. The fourth-order valence-corrected chi connectivity index (χ4v) is 2.15. The lowest BCUT2D eigenvalue weighted by Gasteiger charge is -2.21. The van der Waals surface area contributed by atoms with Gasteiger partial charge in [-0.25, -0.2) is 0 Å². The first kappa shape index (κ1) is 12.4. The van der Waals surface area contributed by atoms with E-state index >= 15 is 0 Å². The maximum absolute atomic E-state index is 12.9. The first-order valence-corrected chi connectivity index (χ1v) is 5.85. The maximum atomic E-state index is 12.9. The van der Waals surface area contributed by atoms with Crippen molar-refractivity contribution in [2.45, 2.75) is 31.5 Å². The minimum absolute atomic E-state index is 0.194. The second kappa shape index (κ2) is 4.69. The van der Waals surface area contributed by atoms with E-state index in [0.29, 0.717) is 11.5 Å². The van der Waals surface area contributed by atoms with Gasteiger partial charge in [-0.3, -0.25) is 0 Å². The molecule has 1 N–H and O–H groups in total. The standard InChI is InChI=1S/C13H16F3N/c1-17-12(8-9-6-7-9)10-4-2-3-5-11(10)13(14,15)16/h2-5,9,12,17H,6-8H2,1H3. The van der Waals surface area contributed by atoms with Crippen molar-refractivity contribution in [1.82, 2.24) is 5.32 Å². The molecule has 1 aliphatic carbocycles. The van der Waals surface area contributed by atoms with Crippen LogP contribution in [0.15, 0.2) is 24.3 Å². The van der Waals surface area contributed by atoms with Crippen molar-refractivity contribution in [3.05, 3.63) is 35.4 Å². The molecule has 17 heavy (non-hydrogen) atoms. The second-order valence-corrected chi connectivity index (χ2v) is 4.61. The maximum Gasteiger partial charge on any atom is 0.416 e. The first-order valence-electron chi connectivity index (χ1n) is 5.85. The van der Waals surface area contributed by atoms with Crippen LogP contribution in [0.4, 0.5) is 13.2 Å². The van der Waals surface area contributed by atoms with Gasteiger partial charge in [0.15, 0.2) is 0 Å². The van der Waals surface area contributed by atoms with Gasteiger partial charge in [0.25, 0.3) is 0 Å². The summed E-state index contributed by atoms with van der Waals surface area (Å²) in [7, 11) is 1.72. The highest BCUT2D eigenvalue weighted by atomic mass is 19.4. The number of benzene rings is 1.